The van der Waals surface area contributed by atoms with Gasteiger partial charge in [-0.25, -0.2) is 0 Å². The molecule has 1 atom stereocenters. The molecule has 0 saturated heterocycles. The largest absolute Gasteiger partial charge is 0.392 e. The average Bonchev–Trinajstić information content (AvgIpc) is 1.99. The molecule has 0 heterocycles. The number of hydrogen-bond acceptors (Lipinski definition) is 1. The van der Waals surface area contributed by atoms with E-state index in [-0.39, 0.29) is 6.61 Å². The van der Waals surface area contributed by atoms with Gasteiger partial charge >= 0.3 is 0 Å². The Bertz CT molecular complexity index is 99.3. The normalized spacial score (nSPS) is 15.4. The first kappa shape index (κ1) is 9.70. The Morgan fingerprint density at radius 1 is 1.50 bits per heavy atom. The summed E-state index contributed by atoms with van der Waals surface area (Å²) >= 11 is 0. The van der Waals surface area contributed by atoms with Gasteiger partial charge in [-0.05, 0) is 17.9 Å². The third-order valence-electron chi connectivity index (χ3n) is 1.82. The number of hydrogen-bond donors (Lipinski definition) is 1. The Hall–Kier alpha value is -0.300. The lowest BCUT2D eigenvalue weighted by Crippen LogP contribution is -1.93. The second-order valence-corrected chi connectivity index (χ2v) is 2.72. The van der Waals surface area contributed by atoms with Gasteiger partial charge in [-0.2, -0.15) is 0 Å². The van der Waals surface area contributed by atoms with E-state index in [4.69, 9.17) is 5.11 Å². The first-order valence-corrected chi connectivity index (χ1v) is 4.05. The zero-order chi connectivity index (χ0) is 7.98. The maximum absolute atomic E-state index is 8.80. The highest BCUT2D eigenvalue weighted by Crippen LogP contribution is 2.08. The maximum atomic E-state index is 8.80. The third-order valence-corrected chi connectivity index (χ3v) is 1.82. The van der Waals surface area contributed by atoms with Crippen molar-refractivity contribution in [2.75, 3.05) is 6.61 Å². The lowest BCUT2D eigenvalue weighted by atomic mass is 10.0. The zero-order valence-corrected chi connectivity index (χ0v) is 7.22. The predicted molar refractivity (Wildman–Crippen MR) is 44.9 cm³/mol. The molecule has 0 amide bonds. The number of allylic oxidation sites excluding steroid dienone is 1. The molecule has 0 aromatic rings. The molecule has 0 saturated carbocycles. The molecule has 10 heavy (non-hydrogen) atoms. The summed E-state index contributed by atoms with van der Waals surface area (Å²) in [6.45, 7) is 6.63. The molecule has 0 aliphatic rings. The molecule has 1 unspecified atom stereocenters. The Morgan fingerprint density at radius 2 is 2.10 bits per heavy atom. The summed E-state index contributed by atoms with van der Waals surface area (Å²) in [5.74, 6) is 0.613. The van der Waals surface area contributed by atoms with Crippen molar-refractivity contribution in [3.63, 3.8) is 0 Å². The Morgan fingerprint density at radius 3 is 2.40 bits per heavy atom. The van der Waals surface area contributed by atoms with Crippen LogP contribution in [0.1, 0.15) is 33.6 Å². The molecule has 0 aromatic heterocycles. The highest BCUT2D eigenvalue weighted by atomic mass is 16.3. The van der Waals surface area contributed by atoms with Crippen molar-refractivity contribution in [1.82, 2.24) is 0 Å². The van der Waals surface area contributed by atoms with E-state index in [2.05, 4.69) is 26.8 Å². The van der Waals surface area contributed by atoms with Crippen LogP contribution >= 0.6 is 0 Å². The van der Waals surface area contributed by atoms with E-state index in [1.165, 1.54) is 0 Å². The van der Waals surface area contributed by atoms with Crippen LogP contribution in [-0.2, 0) is 0 Å². The van der Waals surface area contributed by atoms with Crippen LogP contribution in [0, 0.1) is 5.92 Å². The lowest BCUT2D eigenvalue weighted by molar-refractivity contribution is 0.326. The van der Waals surface area contributed by atoms with Crippen molar-refractivity contribution >= 4 is 0 Å². The van der Waals surface area contributed by atoms with Crippen LogP contribution < -0.4 is 0 Å². The molecular weight excluding hydrogens is 124 g/mol. The second kappa shape index (κ2) is 5.48. The second-order valence-electron chi connectivity index (χ2n) is 2.72. The number of aliphatic hydroxyl groups excluding tert-OH is 1. The van der Waals surface area contributed by atoms with Crippen molar-refractivity contribution in [3.05, 3.63) is 11.6 Å². The topological polar surface area (TPSA) is 20.2 Å². The van der Waals surface area contributed by atoms with Gasteiger partial charge in [0.2, 0.25) is 0 Å². The summed E-state index contributed by atoms with van der Waals surface area (Å²) in [7, 11) is 0. The van der Waals surface area contributed by atoms with Gasteiger partial charge in [-0.1, -0.05) is 33.3 Å². The van der Waals surface area contributed by atoms with E-state index in [9.17, 15) is 0 Å². The van der Waals surface area contributed by atoms with Gasteiger partial charge in [0.1, 0.15) is 0 Å². The van der Waals surface area contributed by atoms with E-state index >= 15 is 0 Å². The van der Waals surface area contributed by atoms with Gasteiger partial charge in [-0.15, -0.1) is 0 Å². The summed E-state index contributed by atoms with van der Waals surface area (Å²) in [5, 5.41) is 8.80. The molecule has 0 aromatic carbocycles. The minimum absolute atomic E-state index is 0.223. The number of aliphatic hydroxyl groups is 1. The molecule has 0 radical (unpaired) electrons. The fraction of sp³-hybridized carbons (Fsp3) is 0.778. The van der Waals surface area contributed by atoms with Gasteiger partial charge in [-0.3, -0.25) is 0 Å². The summed E-state index contributed by atoms with van der Waals surface area (Å²) in [6, 6.07) is 0. The van der Waals surface area contributed by atoms with E-state index in [1.54, 1.807) is 0 Å². The lowest BCUT2D eigenvalue weighted by Gasteiger charge is -2.04. The van der Waals surface area contributed by atoms with E-state index in [1.807, 2.05) is 0 Å². The highest BCUT2D eigenvalue weighted by molar-refractivity contribution is 5.02. The van der Waals surface area contributed by atoms with Gasteiger partial charge < -0.3 is 5.11 Å². The fourth-order valence-corrected chi connectivity index (χ4v) is 0.803. The minimum atomic E-state index is 0.223. The predicted octanol–water partition coefficient (Wildman–Crippen LogP) is 2.36. The van der Waals surface area contributed by atoms with Gasteiger partial charge in [0.15, 0.2) is 0 Å². The standard InChI is InChI=1S/C9H18O/c1-4-8(3)6-9(5-2)7-10/h6,8,10H,4-5,7H2,1-3H3/b9-6-. The van der Waals surface area contributed by atoms with E-state index in [0.29, 0.717) is 5.92 Å². The van der Waals surface area contributed by atoms with Crippen LogP contribution in [0.25, 0.3) is 0 Å². The quantitative estimate of drug-likeness (QED) is 0.597. The van der Waals surface area contributed by atoms with Crippen molar-refractivity contribution in [2.45, 2.75) is 33.6 Å². The van der Waals surface area contributed by atoms with Crippen LogP contribution in [-0.4, -0.2) is 11.7 Å². The van der Waals surface area contributed by atoms with Crippen LogP contribution in [0.4, 0.5) is 0 Å². The van der Waals surface area contributed by atoms with Gasteiger partial charge in [0.25, 0.3) is 0 Å². The fourth-order valence-electron chi connectivity index (χ4n) is 0.803. The van der Waals surface area contributed by atoms with Crippen molar-refractivity contribution in [3.8, 4) is 0 Å². The van der Waals surface area contributed by atoms with Crippen molar-refractivity contribution < 1.29 is 5.11 Å². The summed E-state index contributed by atoms with van der Waals surface area (Å²) in [4.78, 5) is 0. The monoisotopic (exact) mass is 142 g/mol. The molecule has 0 aliphatic heterocycles. The zero-order valence-electron chi connectivity index (χ0n) is 7.22. The highest BCUT2D eigenvalue weighted by Gasteiger charge is 1.95. The van der Waals surface area contributed by atoms with Gasteiger partial charge in [0, 0.05) is 0 Å². The molecule has 0 spiro atoms. The van der Waals surface area contributed by atoms with E-state index in [0.717, 1.165) is 18.4 Å². The Labute approximate surface area is 63.8 Å². The van der Waals surface area contributed by atoms with Crippen LogP contribution in [0.15, 0.2) is 11.6 Å². The molecular formula is C9H18O. The first-order valence-electron chi connectivity index (χ1n) is 4.05. The molecule has 0 rings (SSSR count). The summed E-state index contributed by atoms with van der Waals surface area (Å²) < 4.78 is 0. The van der Waals surface area contributed by atoms with Crippen LogP contribution in [0.2, 0.25) is 0 Å². The maximum Gasteiger partial charge on any atom is 0.0641 e. The molecule has 0 bridgehead atoms. The van der Waals surface area contributed by atoms with Gasteiger partial charge in [0.05, 0.1) is 6.61 Å². The van der Waals surface area contributed by atoms with Crippen LogP contribution in [0.3, 0.4) is 0 Å². The third kappa shape index (κ3) is 3.67. The van der Waals surface area contributed by atoms with E-state index < -0.39 is 0 Å². The molecule has 1 heteroatoms. The Balaban J connectivity index is 3.83. The molecule has 0 aliphatic carbocycles. The SMILES string of the molecule is CC/C(=C/C(C)CC)CO. The molecule has 1 N–H and O–H groups in total. The first-order chi connectivity index (χ1) is 4.74. The van der Waals surface area contributed by atoms with Crippen molar-refractivity contribution in [1.29, 1.82) is 0 Å². The van der Waals surface area contributed by atoms with Crippen LogP contribution in [0.5, 0.6) is 0 Å². The molecule has 60 valence electrons. The summed E-state index contributed by atoms with van der Waals surface area (Å²) in [5.41, 5.74) is 1.16. The number of rotatable bonds is 4. The Kier molecular flexibility index (Phi) is 5.32. The average molecular weight is 142 g/mol. The van der Waals surface area contributed by atoms with Crippen molar-refractivity contribution in [2.24, 2.45) is 5.92 Å². The molecule has 0 fully saturated rings. The minimum Gasteiger partial charge on any atom is -0.392 e. The summed E-state index contributed by atoms with van der Waals surface area (Å²) in [6.07, 6.45) is 4.30. The smallest absolute Gasteiger partial charge is 0.0641 e. The molecule has 1 nitrogen and oxygen atoms in total.